The van der Waals surface area contributed by atoms with Crippen molar-refractivity contribution < 1.29 is 47.7 Å². The Balaban J connectivity index is 3.01. The van der Waals surface area contributed by atoms with Crippen LogP contribution < -0.4 is 0 Å². The fourth-order valence-electron chi connectivity index (χ4n) is 5.22. The molecule has 0 amide bonds. The second kappa shape index (κ2) is 11.0. The fraction of sp³-hybridized carbons (Fsp3) is 0.571. The van der Waals surface area contributed by atoms with Crippen LogP contribution in [0, 0.1) is 17.3 Å². The number of Topliss-reactive ketones (excluding diaryl/α,β-unsaturated/α-hetero) is 1. The molecule has 0 aliphatic heterocycles. The lowest BCUT2D eigenvalue weighted by Gasteiger charge is -2.40. The van der Waals surface area contributed by atoms with Crippen molar-refractivity contribution in [3.05, 3.63) is 36.5 Å². The molecule has 38 heavy (non-hydrogen) atoms. The smallest absolute Gasteiger partial charge is 0.303 e. The summed E-state index contributed by atoms with van der Waals surface area (Å²) in [5.74, 6) is -6.37. The first kappa shape index (κ1) is 30.7. The molecule has 0 unspecified atom stereocenters. The van der Waals surface area contributed by atoms with E-state index in [9.17, 15) is 28.8 Å². The number of allylic oxidation sites excluding steroid dienone is 3. The van der Waals surface area contributed by atoms with Gasteiger partial charge in [0.15, 0.2) is 28.9 Å². The Bertz CT molecular complexity index is 1110. The van der Waals surface area contributed by atoms with Crippen LogP contribution in [0.15, 0.2) is 36.5 Å². The Labute approximate surface area is 222 Å². The SMILES string of the molecule is C=C1/C=C\C(=O)C(C)(C)/C=C\[C@@H](C)C(=O)[C@@]2(OC(C)=O)C[C@@](C)(OC(C)=O)[C@H](OC(C)=O)[C@@H]2[C@H]1OC(C)=O. The molecule has 2 aliphatic rings. The summed E-state index contributed by atoms with van der Waals surface area (Å²) in [6.07, 6.45) is 2.49. The zero-order valence-corrected chi connectivity index (χ0v) is 23.1. The van der Waals surface area contributed by atoms with Gasteiger partial charge in [0.25, 0.3) is 0 Å². The molecule has 10 nitrogen and oxygen atoms in total. The van der Waals surface area contributed by atoms with Crippen molar-refractivity contribution in [1.29, 1.82) is 0 Å². The molecule has 1 fully saturated rings. The van der Waals surface area contributed by atoms with Crippen molar-refractivity contribution in [3.63, 3.8) is 0 Å². The van der Waals surface area contributed by atoms with Gasteiger partial charge >= 0.3 is 23.9 Å². The van der Waals surface area contributed by atoms with Crippen LogP contribution in [0.1, 0.15) is 61.8 Å². The molecule has 0 heterocycles. The molecule has 208 valence electrons. The van der Waals surface area contributed by atoms with Crippen LogP contribution in [0.4, 0.5) is 0 Å². The van der Waals surface area contributed by atoms with Crippen molar-refractivity contribution in [2.45, 2.75) is 85.2 Å². The van der Waals surface area contributed by atoms with Crippen molar-refractivity contribution in [2.24, 2.45) is 17.3 Å². The zero-order chi connectivity index (χ0) is 29.2. The van der Waals surface area contributed by atoms with Gasteiger partial charge in [0.05, 0.1) is 5.92 Å². The first-order chi connectivity index (χ1) is 17.4. The number of rotatable bonds is 4. The van der Waals surface area contributed by atoms with E-state index in [1.807, 2.05) is 0 Å². The van der Waals surface area contributed by atoms with Crippen molar-refractivity contribution in [3.8, 4) is 0 Å². The van der Waals surface area contributed by atoms with E-state index in [-0.39, 0.29) is 11.4 Å². The topological polar surface area (TPSA) is 139 Å². The standard InChI is InChI=1S/C28H36O10/c1-15-10-11-21(33)26(7,8)13-12-16(2)24(34)28(38-20(6)32)14-27(9,37-19(5)31)25(36-18(4)30)22(28)23(15)35-17(3)29/h10-13,16,22-23,25H,1,14H2,2-9H3/b11-10-,13-12-/t16-,22+,23+,25-,27-,28-/m1/s1. The summed E-state index contributed by atoms with van der Waals surface area (Å²) in [4.78, 5) is 76.4. The molecule has 2 aliphatic carbocycles. The Kier molecular flexibility index (Phi) is 8.91. The Morgan fingerprint density at radius 1 is 0.868 bits per heavy atom. The molecule has 0 spiro atoms. The van der Waals surface area contributed by atoms with Crippen molar-refractivity contribution in [2.75, 3.05) is 0 Å². The van der Waals surface area contributed by atoms with Crippen LogP contribution in [-0.4, -0.2) is 58.9 Å². The van der Waals surface area contributed by atoms with E-state index in [0.29, 0.717) is 0 Å². The van der Waals surface area contributed by atoms with E-state index in [4.69, 9.17) is 18.9 Å². The summed E-state index contributed by atoms with van der Waals surface area (Å²) < 4.78 is 22.6. The number of carbonyl (C=O) groups is 6. The van der Waals surface area contributed by atoms with Gasteiger partial charge in [0.2, 0.25) is 0 Å². The Hall–Kier alpha value is -3.56. The lowest BCUT2D eigenvalue weighted by atomic mass is 9.74. The average molecular weight is 533 g/mol. The lowest BCUT2D eigenvalue weighted by Crippen LogP contribution is -2.56. The molecular weight excluding hydrogens is 496 g/mol. The average Bonchev–Trinajstić information content (AvgIpc) is 2.98. The minimum absolute atomic E-state index is 0.0695. The number of fused-ring (bicyclic) bond motifs is 1. The normalized spacial score (nSPS) is 34.6. The maximum Gasteiger partial charge on any atom is 0.303 e. The molecule has 0 saturated heterocycles. The predicted molar refractivity (Wildman–Crippen MR) is 134 cm³/mol. The van der Waals surface area contributed by atoms with E-state index in [2.05, 4.69) is 6.58 Å². The highest BCUT2D eigenvalue weighted by atomic mass is 16.6. The van der Waals surface area contributed by atoms with Crippen LogP contribution in [-0.2, 0) is 47.7 Å². The molecule has 0 aromatic carbocycles. The first-order valence-electron chi connectivity index (χ1n) is 12.2. The quantitative estimate of drug-likeness (QED) is 0.301. The number of carbonyl (C=O) groups excluding carboxylic acids is 6. The molecule has 0 aromatic rings. The maximum absolute atomic E-state index is 14.3. The third kappa shape index (κ3) is 6.28. The Morgan fingerprint density at radius 2 is 1.42 bits per heavy atom. The van der Waals surface area contributed by atoms with Crippen LogP contribution in [0.3, 0.4) is 0 Å². The van der Waals surface area contributed by atoms with Crippen molar-refractivity contribution in [1.82, 2.24) is 0 Å². The highest BCUT2D eigenvalue weighted by Gasteiger charge is 2.71. The summed E-state index contributed by atoms with van der Waals surface area (Å²) >= 11 is 0. The predicted octanol–water partition coefficient (Wildman–Crippen LogP) is 2.98. The number of hydrogen-bond donors (Lipinski definition) is 0. The van der Waals surface area contributed by atoms with Crippen LogP contribution in [0.25, 0.3) is 0 Å². The van der Waals surface area contributed by atoms with Gasteiger partial charge < -0.3 is 18.9 Å². The van der Waals surface area contributed by atoms with E-state index < -0.39 is 76.7 Å². The molecule has 0 bridgehead atoms. The third-order valence-electron chi connectivity index (χ3n) is 6.78. The number of hydrogen-bond acceptors (Lipinski definition) is 10. The largest absolute Gasteiger partial charge is 0.458 e. The third-order valence-corrected chi connectivity index (χ3v) is 6.78. The number of ketones is 2. The summed E-state index contributed by atoms with van der Waals surface area (Å²) in [7, 11) is 0. The van der Waals surface area contributed by atoms with Crippen molar-refractivity contribution >= 4 is 35.4 Å². The lowest BCUT2D eigenvalue weighted by molar-refractivity contribution is -0.188. The van der Waals surface area contributed by atoms with Gasteiger partial charge in [-0.15, -0.1) is 0 Å². The van der Waals surface area contributed by atoms with Crippen LogP contribution in [0.5, 0.6) is 0 Å². The summed E-state index contributed by atoms with van der Waals surface area (Å²) in [6, 6.07) is 0. The molecular formula is C28H36O10. The second-order valence-electron chi connectivity index (χ2n) is 10.7. The molecule has 6 atom stereocenters. The van der Waals surface area contributed by atoms with E-state index >= 15 is 0 Å². The van der Waals surface area contributed by atoms with E-state index in [0.717, 1.165) is 27.7 Å². The summed E-state index contributed by atoms with van der Waals surface area (Å²) in [5.41, 5.74) is -4.68. The van der Waals surface area contributed by atoms with Gasteiger partial charge in [-0.2, -0.15) is 0 Å². The first-order valence-corrected chi connectivity index (χ1v) is 12.2. The minimum atomic E-state index is -2.08. The van der Waals surface area contributed by atoms with E-state index in [1.54, 1.807) is 26.8 Å². The van der Waals surface area contributed by atoms with Gasteiger partial charge in [-0.1, -0.05) is 31.7 Å². The van der Waals surface area contributed by atoms with Crippen LogP contribution >= 0.6 is 0 Å². The highest BCUT2D eigenvalue weighted by molar-refractivity contribution is 5.97. The second-order valence-corrected chi connectivity index (χ2v) is 10.7. The van der Waals surface area contributed by atoms with Gasteiger partial charge in [-0.25, -0.2) is 0 Å². The minimum Gasteiger partial charge on any atom is -0.458 e. The molecule has 0 N–H and O–H groups in total. The number of ether oxygens (including phenoxy) is 4. The van der Waals surface area contributed by atoms with Gasteiger partial charge in [-0.3, -0.25) is 28.8 Å². The van der Waals surface area contributed by atoms with Gasteiger partial charge in [-0.05, 0) is 32.4 Å². The summed E-state index contributed by atoms with van der Waals surface area (Å²) in [5, 5.41) is 0. The highest BCUT2D eigenvalue weighted by Crippen LogP contribution is 2.53. The molecule has 10 heteroatoms. The Morgan fingerprint density at radius 3 is 1.92 bits per heavy atom. The summed E-state index contributed by atoms with van der Waals surface area (Å²) in [6.45, 7) is 14.8. The number of esters is 4. The zero-order valence-electron chi connectivity index (χ0n) is 23.1. The molecule has 2 rings (SSSR count). The maximum atomic E-state index is 14.3. The fourth-order valence-corrected chi connectivity index (χ4v) is 5.22. The molecule has 0 radical (unpaired) electrons. The molecule has 0 aromatic heterocycles. The van der Waals surface area contributed by atoms with Gasteiger partial charge in [0, 0.05) is 45.4 Å². The van der Waals surface area contributed by atoms with Gasteiger partial charge in [0.1, 0.15) is 6.10 Å². The molecule has 1 saturated carbocycles. The van der Waals surface area contributed by atoms with E-state index in [1.165, 1.54) is 25.2 Å². The monoisotopic (exact) mass is 532 g/mol. The van der Waals surface area contributed by atoms with Crippen LogP contribution in [0.2, 0.25) is 0 Å².